The first-order valence-electron chi connectivity index (χ1n) is 8.23. The van der Waals surface area contributed by atoms with Crippen molar-refractivity contribution in [3.05, 3.63) is 41.5 Å². The Morgan fingerprint density at radius 1 is 1.22 bits per heavy atom. The van der Waals surface area contributed by atoms with Crippen LogP contribution < -0.4 is 9.64 Å². The largest absolute Gasteiger partial charge is 0.477 e. The summed E-state index contributed by atoms with van der Waals surface area (Å²) in [6.07, 6.45) is 4.01. The van der Waals surface area contributed by atoms with Gasteiger partial charge in [-0.2, -0.15) is 0 Å². The molecule has 5 heteroatoms. The molecule has 1 saturated heterocycles. The Kier molecular flexibility index (Phi) is 4.74. The maximum absolute atomic E-state index is 5.89. The first-order chi connectivity index (χ1) is 11.1. The quantitative estimate of drug-likeness (QED) is 0.868. The second-order valence-electron chi connectivity index (χ2n) is 6.29. The number of piperidine rings is 1. The Morgan fingerprint density at radius 2 is 2.09 bits per heavy atom. The van der Waals surface area contributed by atoms with Crippen molar-refractivity contribution in [2.75, 3.05) is 24.6 Å². The Balaban J connectivity index is 1.63. The Hall–Kier alpha value is -2.17. The molecule has 0 N–H and O–H groups in total. The van der Waals surface area contributed by atoms with Crippen molar-refractivity contribution in [1.82, 2.24) is 15.0 Å². The van der Waals surface area contributed by atoms with Crippen LogP contribution in [0.5, 0.6) is 5.88 Å². The molecule has 1 aliphatic heterocycles. The van der Waals surface area contributed by atoms with Gasteiger partial charge in [0.2, 0.25) is 5.88 Å². The minimum atomic E-state index is 0.501. The average Bonchev–Trinajstić information content (AvgIpc) is 2.56. The molecule has 122 valence electrons. The fourth-order valence-corrected chi connectivity index (χ4v) is 3.04. The minimum Gasteiger partial charge on any atom is -0.477 e. The maximum Gasteiger partial charge on any atom is 0.213 e. The zero-order chi connectivity index (χ0) is 16.2. The van der Waals surface area contributed by atoms with Crippen molar-refractivity contribution in [1.29, 1.82) is 0 Å². The van der Waals surface area contributed by atoms with Gasteiger partial charge in [-0.25, -0.2) is 15.0 Å². The van der Waals surface area contributed by atoms with E-state index < -0.39 is 0 Å². The van der Waals surface area contributed by atoms with Gasteiger partial charge < -0.3 is 9.64 Å². The highest BCUT2D eigenvalue weighted by atomic mass is 16.5. The van der Waals surface area contributed by atoms with Gasteiger partial charge in [0.25, 0.3) is 0 Å². The highest BCUT2D eigenvalue weighted by Crippen LogP contribution is 2.25. The second kappa shape index (κ2) is 6.94. The lowest BCUT2D eigenvalue weighted by atomic mass is 9.98. The number of anilines is 1. The molecule has 5 nitrogen and oxygen atoms in total. The van der Waals surface area contributed by atoms with Gasteiger partial charge in [-0.3, -0.25) is 0 Å². The van der Waals surface area contributed by atoms with Gasteiger partial charge in [0, 0.05) is 42.0 Å². The Morgan fingerprint density at radius 3 is 2.91 bits per heavy atom. The van der Waals surface area contributed by atoms with Gasteiger partial charge in [-0.15, -0.1) is 0 Å². The van der Waals surface area contributed by atoms with Gasteiger partial charge in [0.15, 0.2) is 0 Å². The zero-order valence-corrected chi connectivity index (χ0v) is 14.1. The summed E-state index contributed by atoms with van der Waals surface area (Å²) < 4.78 is 5.89. The van der Waals surface area contributed by atoms with Crippen LogP contribution in [0.4, 0.5) is 5.82 Å². The van der Waals surface area contributed by atoms with Gasteiger partial charge in [-0.05, 0) is 39.7 Å². The number of aryl methyl sites for hydroxylation is 2. The zero-order valence-electron chi connectivity index (χ0n) is 14.1. The molecule has 0 radical (unpaired) electrons. The highest BCUT2D eigenvalue weighted by Gasteiger charge is 2.23. The van der Waals surface area contributed by atoms with Crippen LogP contribution in [0, 0.1) is 26.7 Å². The fraction of sp³-hybridized carbons (Fsp3) is 0.500. The number of rotatable bonds is 4. The Bertz CT molecular complexity index is 674. The molecule has 0 aromatic carbocycles. The summed E-state index contributed by atoms with van der Waals surface area (Å²) >= 11 is 0. The summed E-state index contributed by atoms with van der Waals surface area (Å²) in [4.78, 5) is 15.5. The summed E-state index contributed by atoms with van der Waals surface area (Å²) in [6, 6.07) is 5.89. The molecule has 1 aliphatic rings. The van der Waals surface area contributed by atoms with Crippen LogP contribution >= 0.6 is 0 Å². The molecule has 23 heavy (non-hydrogen) atoms. The molecule has 2 aromatic rings. The minimum absolute atomic E-state index is 0.501. The van der Waals surface area contributed by atoms with Crippen molar-refractivity contribution in [2.24, 2.45) is 5.92 Å². The lowest BCUT2D eigenvalue weighted by molar-refractivity contribution is 0.221. The summed E-state index contributed by atoms with van der Waals surface area (Å²) in [5, 5.41) is 0. The average molecular weight is 312 g/mol. The number of aromatic nitrogens is 3. The number of hydrogen-bond donors (Lipinski definition) is 0. The van der Waals surface area contributed by atoms with Crippen LogP contribution in [-0.2, 0) is 0 Å². The van der Waals surface area contributed by atoms with Gasteiger partial charge in [-0.1, -0.05) is 6.07 Å². The third kappa shape index (κ3) is 3.78. The molecule has 0 aliphatic carbocycles. The molecule has 1 fully saturated rings. The second-order valence-corrected chi connectivity index (χ2v) is 6.29. The van der Waals surface area contributed by atoms with Crippen molar-refractivity contribution in [3.63, 3.8) is 0 Å². The summed E-state index contributed by atoms with van der Waals surface area (Å²) in [6.45, 7) is 8.85. The molecular formula is C18H24N4O. The van der Waals surface area contributed by atoms with Crippen LogP contribution in [-0.4, -0.2) is 34.6 Å². The van der Waals surface area contributed by atoms with E-state index in [1.807, 2.05) is 32.0 Å². The van der Waals surface area contributed by atoms with Crippen molar-refractivity contribution >= 4 is 5.82 Å². The van der Waals surface area contributed by atoms with E-state index in [2.05, 4.69) is 26.8 Å². The van der Waals surface area contributed by atoms with Crippen LogP contribution in [0.25, 0.3) is 0 Å². The highest BCUT2D eigenvalue weighted by molar-refractivity contribution is 5.47. The number of hydrogen-bond acceptors (Lipinski definition) is 5. The summed E-state index contributed by atoms with van der Waals surface area (Å²) in [5.41, 5.74) is 3.21. The fourth-order valence-electron chi connectivity index (χ4n) is 3.04. The Labute approximate surface area is 137 Å². The van der Waals surface area contributed by atoms with E-state index in [9.17, 15) is 0 Å². The molecule has 1 atom stereocenters. The molecule has 3 heterocycles. The standard InChI is InChI=1S/C18H24N4O/c1-13-6-4-8-17(21-13)23-11-16-7-5-9-22(10-16)18-14(2)15(3)19-12-20-18/h4,6,8,12,16H,5,7,9-11H2,1-3H3. The normalized spacial score (nSPS) is 18.0. The predicted molar refractivity (Wildman–Crippen MR) is 90.9 cm³/mol. The predicted octanol–water partition coefficient (Wildman–Crippen LogP) is 3.09. The van der Waals surface area contributed by atoms with Crippen LogP contribution in [0.1, 0.15) is 29.8 Å². The lowest BCUT2D eigenvalue weighted by Gasteiger charge is -2.34. The summed E-state index contributed by atoms with van der Waals surface area (Å²) in [5.74, 6) is 2.28. The van der Waals surface area contributed by atoms with Crippen molar-refractivity contribution in [2.45, 2.75) is 33.6 Å². The van der Waals surface area contributed by atoms with Gasteiger partial charge in [0.1, 0.15) is 12.1 Å². The molecule has 2 aromatic heterocycles. The van der Waals surface area contributed by atoms with Gasteiger partial charge in [0.05, 0.1) is 6.61 Å². The third-order valence-electron chi connectivity index (χ3n) is 4.46. The van der Waals surface area contributed by atoms with E-state index in [1.54, 1.807) is 6.33 Å². The molecule has 0 saturated carbocycles. The third-order valence-corrected chi connectivity index (χ3v) is 4.46. The van der Waals surface area contributed by atoms with Crippen molar-refractivity contribution in [3.8, 4) is 5.88 Å². The molecular weight excluding hydrogens is 288 g/mol. The lowest BCUT2D eigenvalue weighted by Crippen LogP contribution is -2.38. The topological polar surface area (TPSA) is 51.1 Å². The smallest absolute Gasteiger partial charge is 0.213 e. The van der Waals surface area contributed by atoms with Crippen LogP contribution in [0.3, 0.4) is 0 Å². The number of pyridine rings is 1. The van der Waals surface area contributed by atoms with E-state index in [0.29, 0.717) is 12.5 Å². The van der Waals surface area contributed by atoms with Crippen LogP contribution in [0.2, 0.25) is 0 Å². The molecule has 0 amide bonds. The first-order valence-corrected chi connectivity index (χ1v) is 8.23. The van der Waals surface area contributed by atoms with E-state index in [-0.39, 0.29) is 0 Å². The molecule has 1 unspecified atom stereocenters. The van der Waals surface area contributed by atoms with E-state index in [4.69, 9.17) is 4.74 Å². The van der Waals surface area contributed by atoms with E-state index in [0.717, 1.165) is 42.6 Å². The van der Waals surface area contributed by atoms with Gasteiger partial charge >= 0.3 is 0 Å². The van der Waals surface area contributed by atoms with Crippen LogP contribution in [0.15, 0.2) is 24.5 Å². The molecule has 0 spiro atoms. The van der Waals surface area contributed by atoms with E-state index in [1.165, 1.54) is 12.0 Å². The first kappa shape index (κ1) is 15.7. The van der Waals surface area contributed by atoms with E-state index >= 15 is 0 Å². The van der Waals surface area contributed by atoms with Crippen molar-refractivity contribution < 1.29 is 4.74 Å². The summed E-state index contributed by atoms with van der Waals surface area (Å²) in [7, 11) is 0. The SMILES string of the molecule is Cc1cccc(OCC2CCCN(c3ncnc(C)c3C)C2)n1. The molecule has 0 bridgehead atoms. The maximum atomic E-state index is 5.89. The number of nitrogens with zero attached hydrogens (tertiary/aromatic N) is 4. The monoisotopic (exact) mass is 312 g/mol. The molecule has 3 rings (SSSR count). The number of ether oxygens (including phenoxy) is 1.